The van der Waals surface area contributed by atoms with Gasteiger partial charge in [-0.15, -0.1) is 0 Å². The Kier molecular flexibility index (Phi) is 3.12. The van der Waals surface area contributed by atoms with E-state index in [1.165, 1.54) is 4.68 Å². The zero-order valence-corrected chi connectivity index (χ0v) is 9.09. The van der Waals surface area contributed by atoms with Gasteiger partial charge in [-0.3, -0.25) is 14.6 Å². The number of rotatable bonds is 0. The normalized spacial score (nSPS) is 9.71. The molecule has 0 fully saturated rings. The maximum absolute atomic E-state index is 11.4. The lowest BCUT2D eigenvalue weighted by atomic mass is 10.2. The maximum atomic E-state index is 11.4. The number of aromatic nitrogens is 2. The summed E-state index contributed by atoms with van der Waals surface area (Å²) in [6.07, 6.45) is 0. The summed E-state index contributed by atoms with van der Waals surface area (Å²) < 4.78 is 1.49. The van der Waals surface area contributed by atoms with Gasteiger partial charge in [-0.25, -0.2) is 0 Å². The highest BCUT2D eigenvalue weighted by molar-refractivity contribution is 5.78. The summed E-state index contributed by atoms with van der Waals surface area (Å²) in [6, 6.07) is 5.80. The lowest BCUT2D eigenvalue weighted by Crippen LogP contribution is -2.11. The monoisotopic (exact) mass is 192 g/mol. The van der Waals surface area contributed by atoms with Crippen molar-refractivity contribution in [2.24, 2.45) is 7.05 Å². The first kappa shape index (κ1) is 10.6. The number of nitrogens with zero attached hydrogens (tertiary/aromatic N) is 1. The number of aryl methyl sites for hydroxylation is 2. The van der Waals surface area contributed by atoms with Crippen molar-refractivity contribution in [2.75, 3.05) is 0 Å². The van der Waals surface area contributed by atoms with Crippen molar-refractivity contribution in [3.63, 3.8) is 0 Å². The quantitative estimate of drug-likeness (QED) is 0.682. The van der Waals surface area contributed by atoms with Crippen LogP contribution in [0.5, 0.6) is 0 Å². The van der Waals surface area contributed by atoms with E-state index in [0.29, 0.717) is 0 Å². The van der Waals surface area contributed by atoms with Crippen LogP contribution >= 0.6 is 0 Å². The Morgan fingerprint density at radius 2 is 1.93 bits per heavy atom. The SMILES string of the molecule is CC.Cc1ccc2[nH]n(C)c(=O)c2c1. The lowest BCUT2D eigenvalue weighted by molar-refractivity contribution is 0.751. The highest BCUT2D eigenvalue weighted by Gasteiger charge is 2.01. The van der Waals surface area contributed by atoms with Crippen molar-refractivity contribution < 1.29 is 0 Å². The largest absolute Gasteiger partial charge is 0.295 e. The number of aromatic amines is 1. The number of hydrogen-bond acceptors (Lipinski definition) is 1. The summed E-state index contributed by atoms with van der Waals surface area (Å²) in [7, 11) is 1.72. The van der Waals surface area contributed by atoms with Crippen molar-refractivity contribution in [1.82, 2.24) is 9.78 Å². The van der Waals surface area contributed by atoms with Gasteiger partial charge in [-0.05, 0) is 19.1 Å². The minimum absolute atomic E-state index is 0.0358. The van der Waals surface area contributed by atoms with Crippen LogP contribution in [0.2, 0.25) is 0 Å². The van der Waals surface area contributed by atoms with E-state index in [-0.39, 0.29) is 5.56 Å². The van der Waals surface area contributed by atoms with Gasteiger partial charge in [0.05, 0.1) is 10.9 Å². The van der Waals surface area contributed by atoms with Crippen LogP contribution in [0.3, 0.4) is 0 Å². The van der Waals surface area contributed by atoms with E-state index in [9.17, 15) is 4.79 Å². The molecule has 0 spiro atoms. The fraction of sp³-hybridized carbons (Fsp3) is 0.364. The molecule has 1 aromatic carbocycles. The Balaban J connectivity index is 0.000000461. The van der Waals surface area contributed by atoms with Crippen LogP contribution in [0.1, 0.15) is 19.4 Å². The minimum Gasteiger partial charge on any atom is -0.295 e. The minimum atomic E-state index is 0.0358. The third-order valence-corrected chi connectivity index (χ3v) is 2.00. The molecule has 1 heterocycles. The molecule has 0 aliphatic carbocycles. The summed E-state index contributed by atoms with van der Waals surface area (Å²) in [5.74, 6) is 0. The molecular weight excluding hydrogens is 176 g/mol. The number of hydrogen-bond donors (Lipinski definition) is 1. The Bertz CT molecular complexity index is 479. The number of nitrogens with one attached hydrogen (secondary N) is 1. The van der Waals surface area contributed by atoms with Crippen LogP contribution in [0.15, 0.2) is 23.0 Å². The van der Waals surface area contributed by atoms with Gasteiger partial charge in [0.25, 0.3) is 5.56 Å². The molecule has 0 atom stereocenters. The van der Waals surface area contributed by atoms with Crippen molar-refractivity contribution in [3.8, 4) is 0 Å². The zero-order valence-electron chi connectivity index (χ0n) is 9.09. The van der Waals surface area contributed by atoms with Gasteiger partial charge >= 0.3 is 0 Å². The van der Waals surface area contributed by atoms with E-state index in [1.807, 2.05) is 39.0 Å². The Labute approximate surface area is 83.3 Å². The van der Waals surface area contributed by atoms with E-state index in [2.05, 4.69) is 5.10 Å². The van der Waals surface area contributed by atoms with Crippen molar-refractivity contribution >= 4 is 10.9 Å². The maximum Gasteiger partial charge on any atom is 0.274 e. The van der Waals surface area contributed by atoms with Gasteiger partial charge < -0.3 is 0 Å². The van der Waals surface area contributed by atoms with Crippen molar-refractivity contribution in [3.05, 3.63) is 34.1 Å². The number of H-pyrrole nitrogens is 1. The third kappa shape index (κ3) is 1.71. The van der Waals surface area contributed by atoms with E-state index in [4.69, 9.17) is 0 Å². The molecule has 3 nitrogen and oxygen atoms in total. The topological polar surface area (TPSA) is 37.8 Å². The molecule has 76 valence electrons. The average Bonchev–Trinajstić information content (AvgIpc) is 2.48. The van der Waals surface area contributed by atoms with E-state index in [1.54, 1.807) is 7.05 Å². The van der Waals surface area contributed by atoms with Crippen LogP contribution in [0.25, 0.3) is 10.9 Å². The summed E-state index contributed by atoms with van der Waals surface area (Å²) >= 11 is 0. The van der Waals surface area contributed by atoms with Gasteiger partial charge in [0.2, 0.25) is 0 Å². The molecule has 0 radical (unpaired) electrons. The molecule has 3 heteroatoms. The zero-order chi connectivity index (χ0) is 10.7. The summed E-state index contributed by atoms with van der Waals surface area (Å²) in [4.78, 5) is 11.4. The molecule has 0 saturated carbocycles. The van der Waals surface area contributed by atoms with Gasteiger partial charge in [0.15, 0.2) is 0 Å². The van der Waals surface area contributed by atoms with Gasteiger partial charge in [0, 0.05) is 7.05 Å². The van der Waals surface area contributed by atoms with Gasteiger partial charge in [0.1, 0.15) is 0 Å². The van der Waals surface area contributed by atoms with E-state index >= 15 is 0 Å². The standard InChI is InChI=1S/C9H10N2O.C2H6/c1-6-3-4-8-7(5-6)9(12)11(2)10-8;1-2/h3-5,10H,1-2H3;1-2H3. The molecule has 0 amide bonds. The summed E-state index contributed by atoms with van der Waals surface area (Å²) in [6.45, 7) is 5.98. The highest BCUT2D eigenvalue weighted by Crippen LogP contribution is 2.08. The molecule has 0 unspecified atom stereocenters. The van der Waals surface area contributed by atoms with Crippen molar-refractivity contribution in [2.45, 2.75) is 20.8 Å². The average molecular weight is 192 g/mol. The molecule has 0 aliphatic heterocycles. The molecule has 0 saturated heterocycles. The smallest absolute Gasteiger partial charge is 0.274 e. The molecule has 2 aromatic rings. The Morgan fingerprint density at radius 3 is 2.57 bits per heavy atom. The first-order chi connectivity index (χ1) is 6.68. The van der Waals surface area contributed by atoms with Crippen LogP contribution in [0, 0.1) is 6.92 Å². The molecule has 1 N–H and O–H groups in total. The predicted octanol–water partition coefficient (Wildman–Crippen LogP) is 2.20. The van der Waals surface area contributed by atoms with Gasteiger partial charge in [-0.1, -0.05) is 25.5 Å². The predicted molar refractivity (Wildman–Crippen MR) is 59.6 cm³/mol. The molecular formula is C11H16N2O. The Morgan fingerprint density at radius 1 is 1.29 bits per heavy atom. The third-order valence-electron chi connectivity index (χ3n) is 2.00. The lowest BCUT2D eigenvalue weighted by Gasteiger charge is -1.88. The summed E-state index contributed by atoms with van der Waals surface area (Å²) in [5.41, 5.74) is 2.04. The first-order valence-corrected chi connectivity index (χ1v) is 4.84. The highest BCUT2D eigenvalue weighted by atomic mass is 16.1. The molecule has 14 heavy (non-hydrogen) atoms. The van der Waals surface area contributed by atoms with Crippen LogP contribution in [0.4, 0.5) is 0 Å². The molecule has 2 rings (SSSR count). The fourth-order valence-electron chi connectivity index (χ4n) is 1.34. The second-order valence-corrected chi connectivity index (χ2v) is 3.03. The molecule has 0 bridgehead atoms. The molecule has 1 aromatic heterocycles. The number of benzene rings is 1. The number of fused-ring (bicyclic) bond motifs is 1. The van der Waals surface area contributed by atoms with E-state index < -0.39 is 0 Å². The van der Waals surface area contributed by atoms with Crippen molar-refractivity contribution in [1.29, 1.82) is 0 Å². The van der Waals surface area contributed by atoms with Crippen LogP contribution < -0.4 is 5.56 Å². The van der Waals surface area contributed by atoms with Crippen LogP contribution in [-0.2, 0) is 7.05 Å². The Hall–Kier alpha value is -1.51. The molecule has 0 aliphatic rings. The fourth-order valence-corrected chi connectivity index (χ4v) is 1.34. The first-order valence-electron chi connectivity index (χ1n) is 4.84. The van der Waals surface area contributed by atoms with Crippen LogP contribution in [-0.4, -0.2) is 9.78 Å². The summed E-state index contributed by atoms with van der Waals surface area (Å²) in [5, 5.41) is 3.72. The van der Waals surface area contributed by atoms with E-state index in [0.717, 1.165) is 16.5 Å². The second kappa shape index (κ2) is 4.13. The second-order valence-electron chi connectivity index (χ2n) is 3.03. The van der Waals surface area contributed by atoms with Gasteiger partial charge in [-0.2, -0.15) is 0 Å².